The van der Waals surface area contributed by atoms with Crippen LogP contribution in [0, 0.1) is 0 Å². The lowest BCUT2D eigenvalue weighted by molar-refractivity contribution is 0.0968. The highest BCUT2D eigenvalue weighted by Gasteiger charge is 2.30. The molecule has 0 amide bonds. The molecular weight excluding hydrogens is 256 g/mol. The Balaban J connectivity index is 2.15. The molecule has 4 rings (SSSR count). The molecule has 0 atom stereocenters. The zero-order valence-corrected chi connectivity index (χ0v) is 10.6. The second kappa shape index (κ2) is 3.60. The van der Waals surface area contributed by atoms with Gasteiger partial charge in [0.15, 0.2) is 0 Å². The number of nitrogens with zero attached hydrogens (tertiary/aromatic N) is 1. The first-order valence-corrected chi connectivity index (χ1v) is 6.17. The summed E-state index contributed by atoms with van der Waals surface area (Å²) in [5.74, 6) is 0.381. The topological polar surface area (TPSA) is 64.1 Å². The molecule has 0 fully saturated rings. The van der Waals surface area contributed by atoms with E-state index >= 15 is 0 Å². The number of H-pyrrole nitrogens is 1. The van der Waals surface area contributed by atoms with Gasteiger partial charge in [-0.3, -0.25) is 14.2 Å². The third kappa shape index (κ3) is 1.21. The maximum Gasteiger partial charge on any atom is 0.268 e. The third-order valence-electron chi connectivity index (χ3n) is 3.65. The number of aromatic amines is 1. The van der Waals surface area contributed by atoms with E-state index in [0.29, 0.717) is 28.0 Å². The second-order valence-corrected chi connectivity index (χ2v) is 4.68. The van der Waals surface area contributed by atoms with Gasteiger partial charge in [0.1, 0.15) is 11.3 Å². The highest BCUT2D eigenvalue weighted by Crippen LogP contribution is 2.30. The van der Waals surface area contributed by atoms with Crippen molar-refractivity contribution in [2.45, 2.75) is 0 Å². The molecule has 5 nitrogen and oxygen atoms in total. The van der Waals surface area contributed by atoms with Gasteiger partial charge in [0, 0.05) is 17.6 Å². The summed E-state index contributed by atoms with van der Waals surface area (Å²) in [7, 11) is 1.57. The first-order valence-electron chi connectivity index (χ1n) is 6.17. The first kappa shape index (κ1) is 11.0. The van der Waals surface area contributed by atoms with Gasteiger partial charge in [-0.15, -0.1) is 0 Å². The number of pyridine rings is 1. The average molecular weight is 266 g/mol. The maximum absolute atomic E-state index is 12.5. The maximum atomic E-state index is 12.5. The van der Waals surface area contributed by atoms with Crippen molar-refractivity contribution in [2.75, 3.05) is 7.11 Å². The summed E-state index contributed by atoms with van der Waals surface area (Å²) in [5, 5.41) is 0.489. The van der Waals surface area contributed by atoms with Gasteiger partial charge in [0.2, 0.25) is 5.43 Å². The fraction of sp³-hybridized carbons (Fsp3) is 0.0667. The minimum atomic E-state index is -0.279. The minimum absolute atomic E-state index is 0.207. The van der Waals surface area contributed by atoms with Crippen molar-refractivity contribution in [1.82, 2.24) is 9.55 Å². The number of ether oxygens (including phenoxy) is 1. The Kier molecular flexibility index (Phi) is 1.99. The van der Waals surface area contributed by atoms with E-state index in [1.165, 1.54) is 4.57 Å². The number of aromatic nitrogens is 2. The van der Waals surface area contributed by atoms with E-state index in [9.17, 15) is 9.59 Å². The van der Waals surface area contributed by atoms with Crippen LogP contribution in [-0.4, -0.2) is 22.6 Å². The molecule has 0 aliphatic carbocycles. The number of hydrogen-bond acceptors (Lipinski definition) is 3. The molecule has 1 N–H and O–H groups in total. The number of fused-ring (bicyclic) bond motifs is 4. The Labute approximate surface area is 113 Å². The quantitative estimate of drug-likeness (QED) is 0.573. The van der Waals surface area contributed by atoms with Crippen LogP contribution in [0.3, 0.4) is 0 Å². The normalized spacial score (nSPS) is 12.6. The number of methoxy groups -OCH3 is 1. The predicted octanol–water partition coefficient (Wildman–Crippen LogP) is 2.01. The lowest BCUT2D eigenvalue weighted by atomic mass is 10.1. The molecule has 3 heterocycles. The number of rotatable bonds is 1. The van der Waals surface area contributed by atoms with Crippen molar-refractivity contribution >= 4 is 16.8 Å². The van der Waals surface area contributed by atoms with E-state index in [1.807, 2.05) is 6.07 Å². The van der Waals surface area contributed by atoms with Crippen LogP contribution in [0.25, 0.3) is 22.3 Å². The molecular formula is C15H10N2O3. The number of nitrogens with one attached hydrogen (secondary N) is 1. The Morgan fingerprint density at radius 3 is 2.85 bits per heavy atom. The van der Waals surface area contributed by atoms with Crippen LogP contribution < -0.4 is 10.2 Å². The van der Waals surface area contributed by atoms with Crippen LogP contribution in [0.2, 0.25) is 0 Å². The molecule has 0 bridgehead atoms. The fourth-order valence-electron chi connectivity index (χ4n) is 2.68. The summed E-state index contributed by atoms with van der Waals surface area (Å²) in [6.07, 6.45) is 1.66. The first-order chi connectivity index (χ1) is 9.70. The Morgan fingerprint density at radius 2 is 2.05 bits per heavy atom. The summed E-state index contributed by atoms with van der Waals surface area (Å²) in [5.41, 5.74) is 1.91. The molecule has 0 saturated heterocycles. The molecule has 20 heavy (non-hydrogen) atoms. The van der Waals surface area contributed by atoms with Crippen LogP contribution in [-0.2, 0) is 0 Å². The summed E-state index contributed by atoms with van der Waals surface area (Å²) in [6.45, 7) is 0. The predicted molar refractivity (Wildman–Crippen MR) is 74.3 cm³/mol. The van der Waals surface area contributed by atoms with Gasteiger partial charge < -0.3 is 9.72 Å². The monoisotopic (exact) mass is 266 g/mol. The van der Waals surface area contributed by atoms with E-state index in [-0.39, 0.29) is 16.9 Å². The van der Waals surface area contributed by atoms with Crippen LogP contribution in [0.15, 0.2) is 41.3 Å². The van der Waals surface area contributed by atoms with Crippen molar-refractivity contribution in [1.29, 1.82) is 0 Å². The molecule has 0 spiro atoms. The zero-order valence-electron chi connectivity index (χ0n) is 10.6. The molecule has 1 aromatic carbocycles. The molecule has 98 valence electrons. The SMILES string of the molecule is COc1ccc2c(=O)c3c([nH]c2c1)-c1cccn1C3=O. The van der Waals surface area contributed by atoms with Crippen LogP contribution >= 0.6 is 0 Å². The smallest absolute Gasteiger partial charge is 0.268 e. The van der Waals surface area contributed by atoms with Gasteiger partial charge in [-0.1, -0.05) is 0 Å². The summed E-state index contributed by atoms with van der Waals surface area (Å²) in [4.78, 5) is 27.9. The van der Waals surface area contributed by atoms with Gasteiger partial charge in [0.25, 0.3) is 5.91 Å². The lowest BCUT2D eigenvalue weighted by Gasteiger charge is -2.05. The van der Waals surface area contributed by atoms with E-state index in [2.05, 4.69) is 4.98 Å². The lowest BCUT2D eigenvalue weighted by Crippen LogP contribution is -2.17. The Bertz CT molecular complexity index is 934. The van der Waals surface area contributed by atoms with E-state index in [0.717, 1.165) is 0 Å². The zero-order chi connectivity index (χ0) is 13.9. The van der Waals surface area contributed by atoms with Crippen LogP contribution in [0.5, 0.6) is 5.75 Å². The second-order valence-electron chi connectivity index (χ2n) is 4.68. The van der Waals surface area contributed by atoms with Crippen molar-refractivity contribution in [2.24, 2.45) is 0 Å². The summed E-state index contributed by atoms with van der Waals surface area (Å²) >= 11 is 0. The highest BCUT2D eigenvalue weighted by molar-refractivity contribution is 6.10. The fourth-order valence-corrected chi connectivity index (χ4v) is 2.68. The summed E-state index contributed by atoms with van der Waals surface area (Å²) < 4.78 is 6.65. The standard InChI is InChI=1S/C15H10N2O3/c1-20-8-4-5-9-10(7-8)16-13-11-3-2-6-17(11)15(19)12(13)14(9)18/h2-7H,1H3,(H,16,18). The molecule has 2 aromatic heterocycles. The van der Waals surface area contributed by atoms with Gasteiger partial charge >= 0.3 is 0 Å². The molecule has 5 heteroatoms. The summed E-state index contributed by atoms with van der Waals surface area (Å²) in [6, 6.07) is 8.74. The van der Waals surface area contributed by atoms with Crippen LogP contribution in [0.1, 0.15) is 10.4 Å². The van der Waals surface area contributed by atoms with Crippen molar-refractivity contribution in [3.05, 3.63) is 52.3 Å². The molecule has 0 unspecified atom stereocenters. The number of carbonyl (C=O) groups is 1. The van der Waals surface area contributed by atoms with Crippen molar-refractivity contribution in [3.8, 4) is 17.1 Å². The molecule has 1 aliphatic rings. The van der Waals surface area contributed by atoms with Gasteiger partial charge in [-0.05, 0) is 24.3 Å². The molecule has 3 aromatic rings. The van der Waals surface area contributed by atoms with Gasteiger partial charge in [0.05, 0.1) is 24.0 Å². The number of carbonyl (C=O) groups excluding carboxylic acids is 1. The largest absolute Gasteiger partial charge is 0.497 e. The van der Waals surface area contributed by atoms with Crippen molar-refractivity contribution < 1.29 is 9.53 Å². The number of benzene rings is 1. The Morgan fingerprint density at radius 1 is 1.20 bits per heavy atom. The van der Waals surface area contributed by atoms with Crippen molar-refractivity contribution in [3.63, 3.8) is 0 Å². The van der Waals surface area contributed by atoms with E-state index in [1.54, 1.807) is 37.6 Å². The van der Waals surface area contributed by atoms with Crippen LogP contribution in [0.4, 0.5) is 0 Å². The van der Waals surface area contributed by atoms with E-state index < -0.39 is 0 Å². The third-order valence-corrected chi connectivity index (χ3v) is 3.65. The molecule has 0 radical (unpaired) electrons. The molecule has 1 aliphatic heterocycles. The highest BCUT2D eigenvalue weighted by atomic mass is 16.5. The van der Waals surface area contributed by atoms with Gasteiger partial charge in [-0.25, -0.2) is 0 Å². The number of hydrogen-bond donors (Lipinski definition) is 1. The average Bonchev–Trinajstić information content (AvgIpc) is 3.03. The molecule has 0 saturated carbocycles. The van der Waals surface area contributed by atoms with E-state index in [4.69, 9.17) is 4.74 Å². The van der Waals surface area contributed by atoms with Gasteiger partial charge in [-0.2, -0.15) is 0 Å². The minimum Gasteiger partial charge on any atom is -0.497 e. The Hall–Kier alpha value is -2.82.